The van der Waals surface area contributed by atoms with Crippen LogP contribution in [0.1, 0.15) is 21.6 Å². The van der Waals surface area contributed by atoms with Gasteiger partial charge in [-0.25, -0.2) is 14.2 Å². The summed E-state index contributed by atoms with van der Waals surface area (Å²) in [5.74, 6) is 4.60. The van der Waals surface area contributed by atoms with Crippen LogP contribution in [0.2, 0.25) is 0 Å². The molecule has 0 saturated carbocycles. The molecular weight excluding hydrogens is 337 g/mol. The summed E-state index contributed by atoms with van der Waals surface area (Å²) in [4.78, 5) is 20.3. The topological polar surface area (TPSA) is 116 Å². The van der Waals surface area contributed by atoms with E-state index in [4.69, 9.17) is 11.6 Å². The average Bonchev–Trinajstić information content (AvgIpc) is 2.67. The molecule has 0 aliphatic carbocycles. The molecular formula is C18H16FN5O2. The number of carbonyl (C=O) groups excluding carboxylic acids is 1. The van der Waals surface area contributed by atoms with Gasteiger partial charge in [-0.1, -0.05) is 12.1 Å². The Hall–Kier alpha value is -3.52. The normalized spacial score (nSPS) is 11.8. The molecule has 5 N–H and O–H groups in total. The summed E-state index contributed by atoms with van der Waals surface area (Å²) in [6.07, 6.45) is 1.40. The van der Waals surface area contributed by atoms with Gasteiger partial charge in [0.1, 0.15) is 5.82 Å². The van der Waals surface area contributed by atoms with Crippen molar-refractivity contribution in [2.24, 2.45) is 11.6 Å². The predicted octanol–water partition coefficient (Wildman–Crippen LogP) is 1.80. The second kappa shape index (κ2) is 7.16. The first-order valence-corrected chi connectivity index (χ1v) is 7.62. The maximum absolute atomic E-state index is 14.0. The smallest absolute Gasteiger partial charge is 0.339 e. The average molecular weight is 353 g/mol. The minimum Gasteiger partial charge on any atom is -0.465 e. The zero-order chi connectivity index (χ0) is 18.7. The Kier molecular flexibility index (Phi) is 4.76. The number of pyridine rings is 2. The number of nitrogens with two attached hydrogens (primary N) is 2. The number of methoxy groups -OCH3 is 1. The number of carbonyl (C=O) groups is 1. The zero-order valence-electron chi connectivity index (χ0n) is 13.9. The number of fused-ring (bicyclic) bond motifs is 1. The number of hydrogen-bond acceptors (Lipinski definition) is 7. The van der Waals surface area contributed by atoms with Gasteiger partial charge in [-0.2, -0.15) is 0 Å². The molecule has 26 heavy (non-hydrogen) atoms. The third-order valence-corrected chi connectivity index (χ3v) is 3.79. The third kappa shape index (κ3) is 3.17. The Balaban J connectivity index is 2.14. The Morgan fingerprint density at radius 2 is 1.96 bits per heavy atom. The lowest BCUT2D eigenvalue weighted by Gasteiger charge is -2.12. The van der Waals surface area contributed by atoms with Gasteiger partial charge in [0, 0.05) is 11.8 Å². The summed E-state index contributed by atoms with van der Waals surface area (Å²) in [7, 11) is 1.28. The molecule has 0 amide bonds. The van der Waals surface area contributed by atoms with E-state index in [2.05, 4.69) is 20.1 Å². The largest absolute Gasteiger partial charge is 0.465 e. The van der Waals surface area contributed by atoms with Crippen LogP contribution in [0.15, 0.2) is 48.7 Å². The summed E-state index contributed by atoms with van der Waals surface area (Å²) in [5, 5.41) is 0. The second-order valence-corrected chi connectivity index (χ2v) is 5.36. The van der Waals surface area contributed by atoms with Crippen molar-refractivity contribution in [3.8, 4) is 0 Å². The van der Waals surface area contributed by atoms with Crippen LogP contribution >= 0.6 is 0 Å². The molecule has 0 aliphatic heterocycles. The predicted molar refractivity (Wildman–Crippen MR) is 95.6 cm³/mol. The lowest BCUT2D eigenvalue weighted by atomic mass is 10.1. The lowest BCUT2D eigenvalue weighted by molar-refractivity contribution is 0.0600. The number of ether oxygens (including phenoxy) is 1. The van der Waals surface area contributed by atoms with E-state index in [0.29, 0.717) is 16.7 Å². The van der Waals surface area contributed by atoms with Gasteiger partial charge in [-0.15, -0.1) is 0 Å². The van der Waals surface area contributed by atoms with Crippen molar-refractivity contribution < 1.29 is 13.9 Å². The monoisotopic (exact) mass is 353 g/mol. The van der Waals surface area contributed by atoms with Crippen LogP contribution in [0.25, 0.3) is 22.4 Å². The summed E-state index contributed by atoms with van der Waals surface area (Å²) in [6.45, 7) is 0. The summed E-state index contributed by atoms with van der Waals surface area (Å²) in [6, 6.07) is 11.0. The Morgan fingerprint density at radius 1 is 1.19 bits per heavy atom. The number of hydrogen-bond donors (Lipinski definition) is 3. The first-order chi connectivity index (χ1) is 12.5. The highest BCUT2D eigenvalue weighted by atomic mass is 19.1. The second-order valence-electron chi connectivity index (χ2n) is 5.36. The molecule has 7 nitrogen and oxygen atoms in total. The van der Waals surface area contributed by atoms with Crippen LogP contribution in [0.5, 0.6) is 0 Å². The highest BCUT2D eigenvalue weighted by molar-refractivity contribution is 5.93. The fourth-order valence-electron chi connectivity index (χ4n) is 2.48. The number of aromatic nitrogens is 2. The summed E-state index contributed by atoms with van der Waals surface area (Å²) in [5.41, 5.74) is 10.8. The number of nitrogens with one attached hydrogen (secondary N) is 1. The Labute approximate surface area is 148 Å². The van der Waals surface area contributed by atoms with E-state index in [1.54, 1.807) is 36.4 Å². The molecule has 3 rings (SSSR count). The van der Waals surface area contributed by atoms with Gasteiger partial charge < -0.3 is 15.9 Å². The van der Waals surface area contributed by atoms with Crippen molar-refractivity contribution in [1.82, 2.24) is 15.4 Å². The van der Waals surface area contributed by atoms with Gasteiger partial charge in [0.2, 0.25) is 0 Å². The van der Waals surface area contributed by atoms with E-state index >= 15 is 0 Å². The molecule has 0 atom stereocenters. The Morgan fingerprint density at radius 3 is 2.65 bits per heavy atom. The first-order valence-electron chi connectivity index (χ1n) is 7.62. The fourth-order valence-corrected chi connectivity index (χ4v) is 2.48. The maximum atomic E-state index is 14.0. The molecule has 1 aromatic carbocycles. The van der Waals surface area contributed by atoms with Crippen molar-refractivity contribution in [2.45, 2.75) is 0 Å². The number of rotatable bonds is 4. The molecule has 0 aliphatic rings. The van der Waals surface area contributed by atoms with E-state index in [0.717, 1.165) is 0 Å². The molecule has 2 aromatic heterocycles. The standard InChI is InChI=1S/C18H16FN5O2/c1-26-18(25)10-8-15-13(22-9-10)6-7-14(23-15)17(24-21)16(20)11-4-2-3-5-12(11)19/h2-9,24H,20-21H2,1H3/b17-16-. The van der Waals surface area contributed by atoms with Gasteiger partial charge >= 0.3 is 5.97 Å². The van der Waals surface area contributed by atoms with Gasteiger partial charge in [0.15, 0.2) is 0 Å². The lowest BCUT2D eigenvalue weighted by Crippen LogP contribution is -2.24. The van der Waals surface area contributed by atoms with Crippen LogP contribution < -0.4 is 17.0 Å². The zero-order valence-corrected chi connectivity index (χ0v) is 13.9. The molecule has 0 unspecified atom stereocenters. The van der Waals surface area contributed by atoms with Crippen molar-refractivity contribution >= 4 is 28.4 Å². The van der Waals surface area contributed by atoms with Crippen LogP contribution in [0, 0.1) is 5.82 Å². The number of esters is 1. The number of halogens is 1. The third-order valence-electron chi connectivity index (χ3n) is 3.79. The van der Waals surface area contributed by atoms with Crippen molar-refractivity contribution in [2.75, 3.05) is 7.11 Å². The quantitative estimate of drug-likeness (QED) is 0.372. The molecule has 132 valence electrons. The molecule has 0 spiro atoms. The van der Waals surface area contributed by atoms with Crippen LogP contribution in [-0.4, -0.2) is 23.0 Å². The van der Waals surface area contributed by atoms with E-state index in [1.165, 1.54) is 19.4 Å². The summed E-state index contributed by atoms with van der Waals surface area (Å²) >= 11 is 0. The van der Waals surface area contributed by atoms with Gasteiger partial charge in [-0.05, 0) is 30.3 Å². The highest BCUT2D eigenvalue weighted by Gasteiger charge is 2.14. The molecule has 3 aromatic rings. The maximum Gasteiger partial charge on any atom is 0.339 e. The number of nitrogens with zero attached hydrogens (tertiary/aromatic N) is 2. The molecule has 0 saturated heterocycles. The van der Waals surface area contributed by atoms with Crippen molar-refractivity contribution in [3.63, 3.8) is 0 Å². The Bertz CT molecular complexity index is 1020. The van der Waals surface area contributed by atoms with E-state index in [1.807, 2.05) is 0 Å². The number of benzene rings is 1. The number of hydrazine groups is 1. The van der Waals surface area contributed by atoms with Crippen LogP contribution in [0.3, 0.4) is 0 Å². The highest BCUT2D eigenvalue weighted by Crippen LogP contribution is 2.22. The fraction of sp³-hybridized carbons (Fsp3) is 0.0556. The molecule has 0 fully saturated rings. The van der Waals surface area contributed by atoms with Gasteiger partial charge in [0.25, 0.3) is 0 Å². The van der Waals surface area contributed by atoms with E-state index < -0.39 is 11.8 Å². The molecule has 2 heterocycles. The first kappa shape index (κ1) is 17.3. The van der Waals surface area contributed by atoms with Crippen LogP contribution in [0.4, 0.5) is 4.39 Å². The van der Waals surface area contributed by atoms with Crippen LogP contribution in [-0.2, 0) is 4.74 Å². The van der Waals surface area contributed by atoms with Gasteiger partial charge in [-0.3, -0.25) is 10.8 Å². The SMILES string of the molecule is COC(=O)c1cnc2ccc(/C(NN)=C(/N)c3ccccc3F)nc2c1. The molecule has 8 heteroatoms. The van der Waals surface area contributed by atoms with E-state index in [-0.39, 0.29) is 22.5 Å². The molecule has 0 bridgehead atoms. The molecule has 0 radical (unpaired) electrons. The van der Waals surface area contributed by atoms with E-state index in [9.17, 15) is 9.18 Å². The minimum atomic E-state index is -0.523. The van der Waals surface area contributed by atoms with Crippen molar-refractivity contribution in [3.05, 3.63) is 71.3 Å². The minimum absolute atomic E-state index is 0.106. The summed E-state index contributed by atoms with van der Waals surface area (Å²) < 4.78 is 18.7. The van der Waals surface area contributed by atoms with Gasteiger partial charge in [0.05, 0.1) is 40.8 Å². The van der Waals surface area contributed by atoms with Crippen molar-refractivity contribution in [1.29, 1.82) is 0 Å².